The van der Waals surface area contributed by atoms with Crippen molar-refractivity contribution < 1.29 is 9.53 Å². The Morgan fingerprint density at radius 1 is 2.00 bits per heavy atom. The fraction of sp³-hybridized carbons (Fsp3) is 0.667. The van der Waals surface area contributed by atoms with Crippen LogP contribution in [0.25, 0.3) is 0 Å². The Morgan fingerprint density at radius 3 is 2.50 bits per heavy atom. The van der Waals surface area contributed by atoms with Crippen molar-refractivity contribution in [3.63, 3.8) is 0 Å². The van der Waals surface area contributed by atoms with E-state index in [9.17, 15) is 4.79 Å². The first-order valence-electron chi connectivity index (χ1n) is 1.54. The van der Waals surface area contributed by atoms with Crippen LogP contribution in [0.4, 0.5) is 0 Å². The molecule has 0 saturated heterocycles. The molecule has 0 amide bonds. The molecule has 3 heteroatoms. The van der Waals surface area contributed by atoms with Crippen LogP contribution in [0.1, 0.15) is 6.92 Å². The lowest BCUT2D eigenvalue weighted by molar-refractivity contribution is -0.129. The lowest BCUT2D eigenvalue weighted by Crippen LogP contribution is -1.94. The minimum Gasteiger partial charge on any atom is -0.454 e. The van der Waals surface area contributed by atoms with Gasteiger partial charge in [-0.15, -0.1) is 12.6 Å². The van der Waals surface area contributed by atoms with Crippen LogP contribution in [-0.2, 0) is 9.53 Å². The number of hydrogen-bond donors (Lipinski definition) is 1. The van der Waals surface area contributed by atoms with Gasteiger partial charge in [-0.25, -0.2) is 0 Å². The maximum atomic E-state index is 9.34. The molecule has 0 fully saturated rings. The first-order valence-corrected chi connectivity index (χ1v) is 2.06. The summed E-state index contributed by atoms with van der Waals surface area (Å²) in [5.41, 5.74) is -0.275. The Bertz CT molecular complexity index is 44.1. The molecule has 0 aromatic rings. The Morgan fingerprint density at radius 2 is 2.50 bits per heavy atom. The molecule has 0 heterocycles. The van der Waals surface area contributed by atoms with Gasteiger partial charge in [0.15, 0.2) is 0 Å². The van der Waals surface area contributed by atoms with Crippen molar-refractivity contribution in [3.05, 3.63) is 0 Å². The summed E-state index contributed by atoms with van der Waals surface area (Å²) in [5.74, 6) is 0. The summed E-state index contributed by atoms with van der Waals surface area (Å²) < 4.78 is 4.23. The molecule has 0 aromatic carbocycles. The lowest BCUT2D eigenvalue weighted by atomic mass is 10.9. The Balaban J connectivity index is 2.81. The van der Waals surface area contributed by atoms with Gasteiger partial charge in [0.1, 0.15) is 5.44 Å². The third-order valence-electron chi connectivity index (χ3n) is 0.252. The highest BCUT2D eigenvalue weighted by molar-refractivity contribution is 7.80. The zero-order chi connectivity index (χ0) is 4.99. The van der Waals surface area contributed by atoms with Gasteiger partial charge in [0.25, 0.3) is 6.47 Å². The van der Waals surface area contributed by atoms with Crippen molar-refractivity contribution in [1.82, 2.24) is 0 Å². The average Bonchev–Trinajstić information content (AvgIpc) is 1.35. The molecular formula is C3H6O2S. The number of ether oxygens (including phenoxy) is 1. The minimum absolute atomic E-state index is 0.275. The van der Waals surface area contributed by atoms with Gasteiger partial charge in [-0.2, -0.15) is 0 Å². The quantitative estimate of drug-likeness (QED) is 0.314. The molecule has 0 rings (SSSR count). The topological polar surface area (TPSA) is 26.3 Å². The second-order valence-electron chi connectivity index (χ2n) is 0.832. The van der Waals surface area contributed by atoms with Crippen molar-refractivity contribution in [2.45, 2.75) is 12.4 Å². The third kappa shape index (κ3) is 3.82. The van der Waals surface area contributed by atoms with Crippen LogP contribution >= 0.6 is 12.6 Å². The van der Waals surface area contributed by atoms with Crippen molar-refractivity contribution >= 4 is 19.1 Å². The number of carbonyl (C=O) groups is 1. The Labute approximate surface area is 41.9 Å². The molecule has 0 aromatic heterocycles. The summed E-state index contributed by atoms with van der Waals surface area (Å²) in [4.78, 5) is 9.34. The van der Waals surface area contributed by atoms with Crippen molar-refractivity contribution in [1.29, 1.82) is 0 Å². The lowest BCUT2D eigenvalue weighted by Gasteiger charge is -1.95. The van der Waals surface area contributed by atoms with E-state index in [1.807, 2.05) is 0 Å². The first kappa shape index (κ1) is 5.82. The van der Waals surface area contributed by atoms with Crippen LogP contribution in [-0.4, -0.2) is 11.9 Å². The Kier molecular flexibility index (Phi) is 2.94. The van der Waals surface area contributed by atoms with Gasteiger partial charge in [0, 0.05) is 0 Å². The van der Waals surface area contributed by atoms with Gasteiger partial charge in [0.2, 0.25) is 0 Å². The summed E-state index contributed by atoms with van der Waals surface area (Å²) in [5, 5.41) is 0. The second-order valence-corrected chi connectivity index (χ2v) is 1.56. The van der Waals surface area contributed by atoms with E-state index in [-0.39, 0.29) is 5.44 Å². The van der Waals surface area contributed by atoms with Crippen LogP contribution in [0.5, 0.6) is 0 Å². The fourth-order valence-electron chi connectivity index (χ4n) is 0.0804. The minimum atomic E-state index is -0.275. The van der Waals surface area contributed by atoms with Gasteiger partial charge in [-0.3, -0.25) is 4.79 Å². The average molecular weight is 106 g/mol. The van der Waals surface area contributed by atoms with Crippen LogP contribution in [0.3, 0.4) is 0 Å². The highest BCUT2D eigenvalue weighted by Gasteiger charge is 1.84. The smallest absolute Gasteiger partial charge is 0.294 e. The molecular weight excluding hydrogens is 100 g/mol. The van der Waals surface area contributed by atoms with Gasteiger partial charge in [-0.1, -0.05) is 0 Å². The van der Waals surface area contributed by atoms with Crippen LogP contribution in [0.15, 0.2) is 0 Å². The maximum Gasteiger partial charge on any atom is 0.294 e. The highest BCUT2D eigenvalue weighted by Crippen LogP contribution is 1.88. The summed E-state index contributed by atoms with van der Waals surface area (Å²) in [6, 6.07) is 0. The van der Waals surface area contributed by atoms with Crippen LogP contribution in [0, 0.1) is 0 Å². The molecule has 6 heavy (non-hydrogen) atoms. The van der Waals surface area contributed by atoms with E-state index in [0.717, 1.165) is 0 Å². The molecule has 0 aliphatic heterocycles. The largest absolute Gasteiger partial charge is 0.454 e. The molecule has 36 valence electrons. The molecule has 0 bridgehead atoms. The van der Waals surface area contributed by atoms with Crippen molar-refractivity contribution in [3.8, 4) is 0 Å². The van der Waals surface area contributed by atoms with Crippen LogP contribution < -0.4 is 0 Å². The zero-order valence-electron chi connectivity index (χ0n) is 3.42. The standard InChI is InChI=1S/C3H6O2S/c1-3(6)5-2-4/h2-3,6H,1H3. The zero-order valence-corrected chi connectivity index (χ0v) is 4.31. The van der Waals surface area contributed by atoms with E-state index in [1.54, 1.807) is 6.92 Å². The normalized spacial score (nSPS) is 13.0. The molecule has 2 nitrogen and oxygen atoms in total. The molecule has 1 atom stereocenters. The van der Waals surface area contributed by atoms with E-state index >= 15 is 0 Å². The summed E-state index contributed by atoms with van der Waals surface area (Å²) in [6.45, 7) is 2.04. The predicted molar refractivity (Wildman–Crippen MR) is 25.6 cm³/mol. The van der Waals surface area contributed by atoms with E-state index < -0.39 is 0 Å². The number of hydrogen-bond acceptors (Lipinski definition) is 3. The van der Waals surface area contributed by atoms with E-state index in [4.69, 9.17) is 0 Å². The molecule has 0 N–H and O–H groups in total. The van der Waals surface area contributed by atoms with Gasteiger partial charge >= 0.3 is 0 Å². The van der Waals surface area contributed by atoms with E-state index in [0.29, 0.717) is 6.47 Å². The highest BCUT2D eigenvalue weighted by atomic mass is 32.1. The number of thiol groups is 1. The monoisotopic (exact) mass is 106 g/mol. The van der Waals surface area contributed by atoms with Crippen molar-refractivity contribution in [2.24, 2.45) is 0 Å². The fourth-order valence-corrected chi connectivity index (χ4v) is 0.130. The van der Waals surface area contributed by atoms with Crippen molar-refractivity contribution in [2.75, 3.05) is 0 Å². The summed E-state index contributed by atoms with van der Waals surface area (Å²) in [6.07, 6.45) is 0. The SMILES string of the molecule is CC(S)OC=O. The third-order valence-corrected chi connectivity index (χ3v) is 0.374. The molecule has 0 aliphatic rings. The predicted octanol–water partition coefficient (Wildman–Crippen LogP) is 0.435. The summed E-state index contributed by atoms with van der Waals surface area (Å²) >= 11 is 3.72. The van der Waals surface area contributed by atoms with Crippen LogP contribution in [0.2, 0.25) is 0 Å². The van der Waals surface area contributed by atoms with Gasteiger partial charge < -0.3 is 4.74 Å². The molecule has 1 unspecified atom stereocenters. The molecule has 0 radical (unpaired) electrons. The summed E-state index contributed by atoms with van der Waals surface area (Å²) in [7, 11) is 0. The number of rotatable bonds is 2. The number of carbonyl (C=O) groups excluding carboxylic acids is 1. The van der Waals surface area contributed by atoms with E-state index in [1.165, 1.54) is 0 Å². The maximum absolute atomic E-state index is 9.34. The van der Waals surface area contributed by atoms with Gasteiger partial charge in [0.05, 0.1) is 0 Å². The second kappa shape index (κ2) is 3.03. The molecule has 0 saturated carbocycles. The molecule has 0 aliphatic carbocycles. The Hall–Kier alpha value is -0.180. The molecule has 0 spiro atoms. The first-order chi connectivity index (χ1) is 2.77. The van der Waals surface area contributed by atoms with Gasteiger partial charge in [-0.05, 0) is 6.92 Å². The van der Waals surface area contributed by atoms with E-state index in [2.05, 4.69) is 17.4 Å².